The van der Waals surface area contributed by atoms with Gasteiger partial charge >= 0.3 is 0 Å². The Hall–Kier alpha value is -2.12. The summed E-state index contributed by atoms with van der Waals surface area (Å²) in [5, 5.41) is 9.70. The van der Waals surface area contributed by atoms with Gasteiger partial charge in [0.15, 0.2) is 11.5 Å². The van der Waals surface area contributed by atoms with Crippen molar-refractivity contribution in [2.75, 3.05) is 20.8 Å². The molecule has 2 amide bonds. The van der Waals surface area contributed by atoms with Crippen molar-refractivity contribution in [3.8, 4) is 11.5 Å². The molecule has 0 radical (unpaired) electrons. The van der Waals surface area contributed by atoms with Crippen LogP contribution in [0.1, 0.15) is 37.7 Å². The zero-order chi connectivity index (χ0) is 19.4. The van der Waals surface area contributed by atoms with E-state index in [1.54, 1.807) is 14.2 Å². The molecule has 2 unspecified atom stereocenters. The van der Waals surface area contributed by atoms with Crippen molar-refractivity contribution in [2.24, 2.45) is 0 Å². The zero-order valence-corrected chi connectivity index (χ0v) is 15.8. The lowest BCUT2D eigenvalue weighted by Gasteiger charge is -2.36. The highest BCUT2D eigenvalue weighted by Crippen LogP contribution is 2.30. The van der Waals surface area contributed by atoms with Gasteiger partial charge in [0.1, 0.15) is 6.10 Å². The summed E-state index contributed by atoms with van der Waals surface area (Å²) < 4.78 is 16.6. The molecule has 0 spiro atoms. The van der Waals surface area contributed by atoms with Crippen LogP contribution >= 0.6 is 0 Å². The molecule has 1 aromatic rings. The van der Waals surface area contributed by atoms with Gasteiger partial charge in [0.25, 0.3) is 5.91 Å². The molecule has 2 fully saturated rings. The van der Waals surface area contributed by atoms with Crippen LogP contribution in [-0.4, -0.2) is 60.9 Å². The maximum Gasteiger partial charge on any atom is 0.258 e. The number of ether oxygens (including phenoxy) is 3. The second kappa shape index (κ2) is 8.71. The predicted molar refractivity (Wildman–Crippen MR) is 97.7 cm³/mol. The van der Waals surface area contributed by atoms with Crippen LogP contribution in [0.3, 0.4) is 0 Å². The van der Waals surface area contributed by atoms with Crippen molar-refractivity contribution in [1.82, 2.24) is 4.90 Å². The third-order valence-corrected chi connectivity index (χ3v) is 5.33. The molecule has 1 aromatic carbocycles. The van der Waals surface area contributed by atoms with Crippen LogP contribution in [0, 0.1) is 0 Å². The third-order valence-electron chi connectivity index (χ3n) is 5.33. The van der Waals surface area contributed by atoms with Gasteiger partial charge < -0.3 is 19.3 Å². The molecule has 7 heteroatoms. The van der Waals surface area contributed by atoms with E-state index in [1.807, 2.05) is 18.2 Å². The molecule has 7 nitrogen and oxygen atoms in total. The molecule has 2 aliphatic rings. The first-order valence-corrected chi connectivity index (χ1v) is 9.41. The quantitative estimate of drug-likeness (QED) is 0.728. The average Bonchev–Trinajstić information content (AvgIpc) is 2.93. The molecule has 1 aliphatic carbocycles. The number of rotatable bonds is 7. The molecule has 0 bridgehead atoms. The summed E-state index contributed by atoms with van der Waals surface area (Å²) in [7, 11) is 3.20. The number of hydrogen-bond acceptors (Lipinski definition) is 6. The summed E-state index contributed by atoms with van der Waals surface area (Å²) in [4.78, 5) is 25.5. The number of amides is 2. The summed E-state index contributed by atoms with van der Waals surface area (Å²) in [5.74, 6) is 0.570. The van der Waals surface area contributed by atoms with Gasteiger partial charge in [-0.3, -0.25) is 14.5 Å². The summed E-state index contributed by atoms with van der Waals surface area (Å²) in [6, 6.07) is 5.47. The Kier molecular flexibility index (Phi) is 6.34. The fourth-order valence-corrected chi connectivity index (χ4v) is 3.91. The SMILES string of the molecule is COc1ccc(CCOC2CCCC[C@H]2N2C(=O)CC(O)C2=O)cc1OC. The molecular formula is C20H27NO6. The zero-order valence-electron chi connectivity index (χ0n) is 15.8. The number of hydrogen-bond donors (Lipinski definition) is 1. The third kappa shape index (κ3) is 4.25. The monoisotopic (exact) mass is 377 g/mol. The number of methoxy groups -OCH3 is 2. The first-order valence-electron chi connectivity index (χ1n) is 9.41. The van der Waals surface area contributed by atoms with Crippen LogP contribution in [0.4, 0.5) is 0 Å². The van der Waals surface area contributed by atoms with Gasteiger partial charge in [-0.15, -0.1) is 0 Å². The van der Waals surface area contributed by atoms with E-state index in [2.05, 4.69) is 0 Å². The van der Waals surface area contributed by atoms with Crippen molar-refractivity contribution in [3.05, 3.63) is 23.8 Å². The average molecular weight is 377 g/mol. The van der Waals surface area contributed by atoms with Crippen molar-refractivity contribution >= 4 is 11.8 Å². The first-order chi connectivity index (χ1) is 13.0. The lowest BCUT2D eigenvalue weighted by atomic mass is 9.91. The highest BCUT2D eigenvalue weighted by molar-refractivity contribution is 6.05. The Bertz CT molecular complexity index is 691. The molecule has 1 saturated heterocycles. The molecule has 1 heterocycles. The largest absolute Gasteiger partial charge is 0.493 e. The molecule has 1 saturated carbocycles. The van der Waals surface area contributed by atoms with E-state index in [1.165, 1.54) is 4.90 Å². The van der Waals surface area contributed by atoms with Crippen LogP contribution in [0.15, 0.2) is 18.2 Å². The van der Waals surface area contributed by atoms with Gasteiger partial charge in [0.2, 0.25) is 5.91 Å². The van der Waals surface area contributed by atoms with E-state index >= 15 is 0 Å². The normalized spacial score (nSPS) is 25.7. The van der Waals surface area contributed by atoms with Crippen LogP contribution < -0.4 is 9.47 Å². The maximum absolute atomic E-state index is 12.2. The van der Waals surface area contributed by atoms with E-state index in [0.717, 1.165) is 31.2 Å². The standard InChI is InChI=1S/C20H27NO6/c1-25-17-8-7-13(11-18(17)26-2)9-10-27-16-6-4-3-5-14(16)21-19(23)12-15(22)20(21)24/h7-8,11,14-16,22H,3-6,9-10,12H2,1-2H3/t14-,15?,16?/m1/s1. The van der Waals surface area contributed by atoms with Crippen molar-refractivity contribution < 1.29 is 28.9 Å². The Morgan fingerprint density at radius 3 is 2.52 bits per heavy atom. The summed E-state index contributed by atoms with van der Waals surface area (Å²) in [6.45, 7) is 0.482. The summed E-state index contributed by atoms with van der Waals surface area (Å²) in [5.41, 5.74) is 1.06. The van der Waals surface area contributed by atoms with E-state index in [9.17, 15) is 14.7 Å². The maximum atomic E-state index is 12.2. The number of aliphatic hydroxyl groups is 1. The van der Waals surface area contributed by atoms with Crippen LogP contribution in [0.2, 0.25) is 0 Å². The number of likely N-dealkylation sites (tertiary alicyclic amines) is 1. The number of aliphatic hydroxyl groups excluding tert-OH is 1. The number of carbonyl (C=O) groups is 2. The molecular weight excluding hydrogens is 350 g/mol. The molecule has 1 N–H and O–H groups in total. The van der Waals surface area contributed by atoms with Gasteiger partial charge in [-0.05, 0) is 37.0 Å². The molecule has 148 valence electrons. The van der Waals surface area contributed by atoms with Crippen LogP contribution in [-0.2, 0) is 20.7 Å². The lowest BCUT2D eigenvalue weighted by molar-refractivity contribution is -0.149. The second-order valence-corrected chi connectivity index (χ2v) is 7.02. The topological polar surface area (TPSA) is 85.3 Å². The molecule has 0 aromatic heterocycles. The number of nitrogens with zero attached hydrogens (tertiary/aromatic N) is 1. The van der Waals surface area contributed by atoms with Crippen molar-refractivity contribution in [1.29, 1.82) is 0 Å². The van der Waals surface area contributed by atoms with Gasteiger partial charge in [-0.1, -0.05) is 18.9 Å². The van der Waals surface area contributed by atoms with Gasteiger partial charge in [0, 0.05) is 0 Å². The fourth-order valence-electron chi connectivity index (χ4n) is 3.91. The number of benzene rings is 1. The summed E-state index contributed by atoms with van der Waals surface area (Å²) >= 11 is 0. The Labute approximate surface area is 159 Å². The Balaban J connectivity index is 1.61. The van der Waals surface area contributed by atoms with Gasteiger partial charge in [-0.2, -0.15) is 0 Å². The molecule has 27 heavy (non-hydrogen) atoms. The van der Waals surface area contributed by atoms with E-state index in [0.29, 0.717) is 24.5 Å². The van der Waals surface area contributed by atoms with E-state index in [-0.39, 0.29) is 24.5 Å². The van der Waals surface area contributed by atoms with Gasteiger partial charge in [-0.25, -0.2) is 0 Å². The Morgan fingerprint density at radius 2 is 1.85 bits per heavy atom. The van der Waals surface area contributed by atoms with Crippen molar-refractivity contribution in [2.45, 2.75) is 56.8 Å². The Morgan fingerprint density at radius 1 is 1.11 bits per heavy atom. The highest BCUT2D eigenvalue weighted by Gasteiger charge is 2.44. The minimum atomic E-state index is -1.20. The first kappa shape index (κ1) is 19.6. The number of carbonyl (C=O) groups excluding carboxylic acids is 2. The van der Waals surface area contributed by atoms with Crippen molar-refractivity contribution in [3.63, 3.8) is 0 Å². The lowest BCUT2D eigenvalue weighted by Crippen LogP contribution is -2.50. The number of imide groups is 1. The van der Waals surface area contributed by atoms with Crippen LogP contribution in [0.5, 0.6) is 11.5 Å². The molecule has 3 atom stereocenters. The molecule has 3 rings (SSSR count). The summed E-state index contributed by atoms with van der Waals surface area (Å²) in [6.07, 6.45) is 2.68. The molecule has 1 aliphatic heterocycles. The highest BCUT2D eigenvalue weighted by atomic mass is 16.5. The predicted octanol–water partition coefficient (Wildman–Crippen LogP) is 1.69. The van der Waals surface area contributed by atoms with E-state index < -0.39 is 12.0 Å². The van der Waals surface area contributed by atoms with Gasteiger partial charge in [0.05, 0.1) is 39.4 Å². The minimum absolute atomic E-state index is 0.117. The van der Waals surface area contributed by atoms with Crippen LogP contribution in [0.25, 0.3) is 0 Å². The smallest absolute Gasteiger partial charge is 0.258 e. The fraction of sp³-hybridized carbons (Fsp3) is 0.600. The van der Waals surface area contributed by atoms with E-state index in [4.69, 9.17) is 14.2 Å². The minimum Gasteiger partial charge on any atom is -0.493 e. The second-order valence-electron chi connectivity index (χ2n) is 7.02.